The highest BCUT2D eigenvalue weighted by Crippen LogP contribution is 2.28. The molecule has 0 radical (unpaired) electrons. The molecule has 1 fully saturated rings. The second-order valence-corrected chi connectivity index (χ2v) is 7.03. The molecule has 0 bridgehead atoms. The summed E-state index contributed by atoms with van der Waals surface area (Å²) in [4.78, 5) is 27.2. The lowest BCUT2D eigenvalue weighted by Gasteiger charge is -2.26. The van der Waals surface area contributed by atoms with E-state index < -0.39 is 0 Å². The Morgan fingerprint density at radius 1 is 1.07 bits per heavy atom. The van der Waals surface area contributed by atoms with E-state index >= 15 is 0 Å². The number of carbonyl (C=O) groups is 2. The molecule has 1 saturated carbocycles. The van der Waals surface area contributed by atoms with Gasteiger partial charge in [0.2, 0.25) is 5.91 Å². The van der Waals surface area contributed by atoms with Crippen LogP contribution < -0.4 is 10.1 Å². The van der Waals surface area contributed by atoms with E-state index in [-0.39, 0.29) is 23.8 Å². The molecule has 0 unspecified atom stereocenters. The second kappa shape index (κ2) is 8.71. The molecule has 27 heavy (non-hydrogen) atoms. The van der Waals surface area contributed by atoms with Gasteiger partial charge in [-0.2, -0.15) is 0 Å². The van der Waals surface area contributed by atoms with Gasteiger partial charge in [0.15, 0.2) is 0 Å². The molecule has 0 heterocycles. The van der Waals surface area contributed by atoms with Crippen LogP contribution in [0.1, 0.15) is 35.2 Å². The molecular weight excluding hydrogens is 340 g/mol. The van der Waals surface area contributed by atoms with Crippen molar-refractivity contribution in [3.63, 3.8) is 0 Å². The molecule has 2 atom stereocenters. The lowest BCUT2D eigenvalue weighted by atomic mass is 10.0. The Hall–Kier alpha value is -2.82. The fourth-order valence-corrected chi connectivity index (χ4v) is 3.64. The first-order chi connectivity index (χ1) is 13.1. The maximum atomic E-state index is 12.9. The number of carbonyl (C=O) groups excluding carboxylic acids is 2. The quantitative estimate of drug-likeness (QED) is 0.854. The minimum absolute atomic E-state index is 0.0939. The Morgan fingerprint density at radius 2 is 1.78 bits per heavy atom. The maximum Gasteiger partial charge on any atom is 0.251 e. The second-order valence-electron chi connectivity index (χ2n) is 7.03. The van der Waals surface area contributed by atoms with Gasteiger partial charge in [0.05, 0.1) is 13.0 Å². The van der Waals surface area contributed by atoms with Gasteiger partial charge in [-0.15, -0.1) is 0 Å². The largest absolute Gasteiger partial charge is 0.497 e. The van der Waals surface area contributed by atoms with Crippen LogP contribution in [0.2, 0.25) is 0 Å². The minimum Gasteiger partial charge on any atom is -0.497 e. The summed E-state index contributed by atoms with van der Waals surface area (Å²) < 4.78 is 5.12. The SMILES string of the molecule is COc1ccc(C(=O)N[C@@H]2CCC[C@@H]2C(=O)N(C)Cc2ccccc2)cc1. The van der Waals surface area contributed by atoms with Crippen LogP contribution in [0.15, 0.2) is 54.6 Å². The van der Waals surface area contributed by atoms with Crippen LogP contribution >= 0.6 is 0 Å². The van der Waals surface area contributed by atoms with Gasteiger partial charge in [-0.05, 0) is 42.7 Å². The molecule has 0 aliphatic heterocycles. The Balaban J connectivity index is 1.61. The van der Waals surface area contributed by atoms with Crippen molar-refractivity contribution in [1.29, 1.82) is 0 Å². The molecule has 2 aromatic rings. The zero-order valence-electron chi connectivity index (χ0n) is 15.9. The van der Waals surface area contributed by atoms with Gasteiger partial charge in [-0.25, -0.2) is 0 Å². The van der Waals surface area contributed by atoms with Crippen molar-refractivity contribution in [3.05, 3.63) is 65.7 Å². The van der Waals surface area contributed by atoms with Gasteiger partial charge in [-0.1, -0.05) is 36.8 Å². The van der Waals surface area contributed by atoms with E-state index in [9.17, 15) is 9.59 Å². The highest BCUT2D eigenvalue weighted by Gasteiger charge is 2.35. The number of amides is 2. The third-order valence-corrected chi connectivity index (χ3v) is 5.14. The van der Waals surface area contributed by atoms with Gasteiger partial charge in [0.25, 0.3) is 5.91 Å². The van der Waals surface area contributed by atoms with Gasteiger partial charge in [0.1, 0.15) is 5.75 Å². The van der Waals surface area contributed by atoms with Crippen LogP contribution in [0.3, 0.4) is 0 Å². The molecule has 1 N–H and O–H groups in total. The van der Waals surface area contributed by atoms with E-state index in [2.05, 4.69) is 5.32 Å². The molecule has 3 rings (SSSR count). The lowest BCUT2D eigenvalue weighted by Crippen LogP contribution is -2.44. The van der Waals surface area contributed by atoms with Crippen molar-refractivity contribution in [2.24, 2.45) is 5.92 Å². The smallest absolute Gasteiger partial charge is 0.251 e. The summed E-state index contributed by atoms with van der Waals surface area (Å²) in [7, 11) is 3.42. The van der Waals surface area contributed by atoms with Crippen molar-refractivity contribution < 1.29 is 14.3 Å². The maximum absolute atomic E-state index is 12.9. The van der Waals surface area contributed by atoms with Gasteiger partial charge < -0.3 is 15.0 Å². The van der Waals surface area contributed by atoms with Crippen LogP contribution in [0.4, 0.5) is 0 Å². The van der Waals surface area contributed by atoms with Gasteiger partial charge in [0, 0.05) is 25.2 Å². The summed E-state index contributed by atoms with van der Waals surface area (Å²) >= 11 is 0. The average Bonchev–Trinajstić information content (AvgIpc) is 3.16. The standard InChI is InChI=1S/C22H26N2O3/c1-24(15-16-7-4-3-5-8-16)22(26)19-9-6-10-20(19)23-21(25)17-11-13-18(27-2)14-12-17/h3-5,7-8,11-14,19-20H,6,9-10,15H2,1-2H3,(H,23,25)/t19-,20+/m0/s1. The fraction of sp³-hybridized carbons (Fsp3) is 0.364. The van der Waals surface area contributed by atoms with E-state index in [0.29, 0.717) is 17.9 Å². The van der Waals surface area contributed by atoms with Crippen LogP contribution in [0, 0.1) is 5.92 Å². The van der Waals surface area contributed by atoms with E-state index in [1.807, 2.05) is 37.4 Å². The topological polar surface area (TPSA) is 58.6 Å². The van der Waals surface area contributed by atoms with Crippen LogP contribution in [-0.2, 0) is 11.3 Å². The summed E-state index contributed by atoms with van der Waals surface area (Å²) in [6.45, 7) is 0.579. The first kappa shape index (κ1) is 19.0. The molecule has 0 saturated heterocycles. The monoisotopic (exact) mass is 366 g/mol. The molecule has 0 spiro atoms. The summed E-state index contributed by atoms with van der Waals surface area (Å²) in [6, 6.07) is 16.8. The summed E-state index contributed by atoms with van der Waals surface area (Å²) in [5.41, 5.74) is 1.68. The number of methoxy groups -OCH3 is 1. The molecule has 5 heteroatoms. The predicted molar refractivity (Wildman–Crippen MR) is 105 cm³/mol. The lowest BCUT2D eigenvalue weighted by molar-refractivity contribution is -0.135. The number of hydrogen-bond donors (Lipinski definition) is 1. The van der Waals surface area contributed by atoms with Gasteiger partial charge >= 0.3 is 0 Å². The Labute approximate surface area is 160 Å². The van der Waals surface area contributed by atoms with Crippen molar-refractivity contribution >= 4 is 11.8 Å². The molecule has 0 aromatic heterocycles. The fourth-order valence-electron chi connectivity index (χ4n) is 3.64. The summed E-state index contributed by atoms with van der Waals surface area (Å²) in [5, 5.41) is 3.06. The number of benzene rings is 2. The van der Waals surface area contributed by atoms with Crippen molar-refractivity contribution in [3.8, 4) is 5.75 Å². The first-order valence-electron chi connectivity index (χ1n) is 9.32. The average molecular weight is 366 g/mol. The third kappa shape index (κ3) is 4.67. The zero-order valence-corrected chi connectivity index (χ0v) is 15.9. The molecular formula is C22H26N2O3. The van der Waals surface area contributed by atoms with Crippen molar-refractivity contribution in [1.82, 2.24) is 10.2 Å². The first-order valence-corrected chi connectivity index (χ1v) is 9.32. The highest BCUT2D eigenvalue weighted by atomic mass is 16.5. The van der Waals surface area contributed by atoms with E-state index in [1.54, 1.807) is 36.3 Å². The Morgan fingerprint density at radius 3 is 2.44 bits per heavy atom. The van der Waals surface area contributed by atoms with E-state index in [0.717, 1.165) is 24.8 Å². The Bertz CT molecular complexity index is 774. The van der Waals surface area contributed by atoms with Gasteiger partial charge in [-0.3, -0.25) is 9.59 Å². The molecule has 2 aromatic carbocycles. The number of ether oxygens (including phenoxy) is 1. The number of rotatable bonds is 6. The molecule has 1 aliphatic rings. The van der Waals surface area contributed by atoms with Crippen molar-refractivity contribution in [2.75, 3.05) is 14.2 Å². The molecule has 5 nitrogen and oxygen atoms in total. The number of hydrogen-bond acceptors (Lipinski definition) is 3. The number of nitrogens with one attached hydrogen (secondary N) is 1. The molecule has 1 aliphatic carbocycles. The van der Waals surface area contributed by atoms with Crippen LogP contribution in [0.25, 0.3) is 0 Å². The minimum atomic E-state index is -0.166. The van der Waals surface area contributed by atoms with Crippen LogP contribution in [-0.4, -0.2) is 36.9 Å². The molecule has 2 amide bonds. The Kier molecular flexibility index (Phi) is 6.12. The third-order valence-electron chi connectivity index (χ3n) is 5.14. The molecule has 142 valence electrons. The predicted octanol–water partition coefficient (Wildman–Crippen LogP) is 3.25. The zero-order chi connectivity index (χ0) is 19.2. The summed E-state index contributed by atoms with van der Waals surface area (Å²) in [5.74, 6) is 0.494. The summed E-state index contributed by atoms with van der Waals surface area (Å²) in [6.07, 6.45) is 2.59. The number of nitrogens with zero attached hydrogens (tertiary/aromatic N) is 1. The van der Waals surface area contributed by atoms with Crippen molar-refractivity contribution in [2.45, 2.75) is 31.8 Å². The highest BCUT2D eigenvalue weighted by molar-refractivity contribution is 5.95. The van der Waals surface area contributed by atoms with E-state index in [4.69, 9.17) is 4.74 Å². The van der Waals surface area contributed by atoms with Crippen LogP contribution in [0.5, 0.6) is 5.75 Å². The van der Waals surface area contributed by atoms with E-state index in [1.165, 1.54) is 0 Å². The normalized spacial score (nSPS) is 18.7.